The van der Waals surface area contributed by atoms with Crippen LogP contribution in [0.1, 0.15) is 29.8 Å². The highest BCUT2D eigenvalue weighted by Gasteiger charge is 2.15. The lowest BCUT2D eigenvalue weighted by Crippen LogP contribution is -2.27. The van der Waals surface area contributed by atoms with E-state index in [0.29, 0.717) is 6.54 Å². The minimum atomic E-state index is -0.187. The number of H-pyrrole nitrogens is 1. The van der Waals surface area contributed by atoms with E-state index in [1.54, 1.807) is 13.1 Å². The van der Waals surface area contributed by atoms with Crippen molar-refractivity contribution >= 4 is 5.91 Å². The number of carbonyl (C=O) groups is 1. The van der Waals surface area contributed by atoms with Crippen molar-refractivity contribution < 1.29 is 4.79 Å². The van der Waals surface area contributed by atoms with Gasteiger partial charge in [-0.3, -0.25) is 9.89 Å². The molecule has 5 nitrogen and oxygen atoms in total. The molecule has 0 bridgehead atoms. The van der Waals surface area contributed by atoms with Crippen LogP contribution in [-0.2, 0) is 6.42 Å². The van der Waals surface area contributed by atoms with Gasteiger partial charge in [-0.1, -0.05) is 13.0 Å². The van der Waals surface area contributed by atoms with Crippen molar-refractivity contribution in [3.05, 3.63) is 24.3 Å². The number of carbonyl (C=O) groups excluding carboxylic acids is 1. The van der Waals surface area contributed by atoms with Gasteiger partial charge in [-0.15, -0.1) is 11.7 Å². The summed E-state index contributed by atoms with van der Waals surface area (Å²) in [7, 11) is 1.69. The molecule has 0 fully saturated rings. The van der Waals surface area contributed by atoms with Crippen LogP contribution >= 0.6 is 0 Å². The fourth-order valence-electron chi connectivity index (χ4n) is 1.19. The quantitative estimate of drug-likeness (QED) is 0.735. The third kappa shape index (κ3) is 2.90. The Labute approximate surface area is 89.2 Å². The summed E-state index contributed by atoms with van der Waals surface area (Å²) in [6.45, 7) is 6.11. The third-order valence-corrected chi connectivity index (χ3v) is 1.96. The Balaban J connectivity index is 2.69. The second-order valence-corrected chi connectivity index (χ2v) is 3.33. The van der Waals surface area contributed by atoms with Crippen molar-refractivity contribution in [2.45, 2.75) is 19.8 Å². The number of likely N-dealkylation sites (N-methyl/N-ethyl adjacent to an activating group) is 1. The summed E-state index contributed by atoms with van der Waals surface area (Å²) in [5.74, 6) is 0.796. The fraction of sp³-hybridized carbons (Fsp3) is 0.500. The van der Waals surface area contributed by atoms with E-state index >= 15 is 0 Å². The highest BCUT2D eigenvalue weighted by molar-refractivity contribution is 5.90. The third-order valence-electron chi connectivity index (χ3n) is 1.96. The van der Waals surface area contributed by atoms with Crippen molar-refractivity contribution in [3.63, 3.8) is 0 Å². The normalized spacial score (nSPS) is 10.0. The topological polar surface area (TPSA) is 61.9 Å². The van der Waals surface area contributed by atoms with Gasteiger partial charge < -0.3 is 4.90 Å². The standard InChI is InChI=1S/C10H16N4O/c1-4-6-8-11-9(13-12-8)10(15)14(3)7-5-2/h5H,2,4,6-7H2,1,3H3,(H,11,12,13). The van der Waals surface area contributed by atoms with E-state index in [4.69, 9.17) is 0 Å². The Morgan fingerprint density at radius 1 is 1.67 bits per heavy atom. The van der Waals surface area contributed by atoms with Gasteiger partial charge in [-0.05, 0) is 6.42 Å². The summed E-state index contributed by atoms with van der Waals surface area (Å²) in [5, 5.41) is 6.63. The molecule has 0 atom stereocenters. The minimum absolute atomic E-state index is 0.187. The number of nitrogens with one attached hydrogen (secondary N) is 1. The molecule has 1 N–H and O–H groups in total. The summed E-state index contributed by atoms with van der Waals surface area (Å²) >= 11 is 0. The smallest absolute Gasteiger partial charge is 0.293 e. The molecule has 0 aliphatic rings. The average molecular weight is 208 g/mol. The molecule has 1 amide bonds. The lowest BCUT2D eigenvalue weighted by molar-refractivity contribution is 0.0798. The zero-order valence-corrected chi connectivity index (χ0v) is 9.16. The Hall–Kier alpha value is -1.65. The van der Waals surface area contributed by atoms with Crippen molar-refractivity contribution in [3.8, 4) is 0 Å². The van der Waals surface area contributed by atoms with Gasteiger partial charge in [0.1, 0.15) is 5.82 Å². The van der Waals surface area contributed by atoms with Crippen molar-refractivity contribution in [1.82, 2.24) is 20.1 Å². The average Bonchev–Trinajstić information content (AvgIpc) is 2.66. The summed E-state index contributed by atoms with van der Waals surface area (Å²) in [4.78, 5) is 17.3. The molecule has 0 aromatic carbocycles. The predicted octanol–water partition coefficient (Wildman–Crippen LogP) is 1.02. The first-order valence-corrected chi connectivity index (χ1v) is 4.96. The van der Waals surface area contributed by atoms with E-state index in [0.717, 1.165) is 18.7 Å². The molecule has 0 unspecified atom stereocenters. The van der Waals surface area contributed by atoms with Gasteiger partial charge in [0.15, 0.2) is 0 Å². The maximum absolute atomic E-state index is 11.7. The van der Waals surface area contributed by atoms with Crippen LogP contribution in [-0.4, -0.2) is 39.6 Å². The van der Waals surface area contributed by atoms with Crippen LogP contribution in [0.15, 0.2) is 12.7 Å². The van der Waals surface area contributed by atoms with Crippen LogP contribution in [0.2, 0.25) is 0 Å². The number of hydrogen-bond donors (Lipinski definition) is 1. The molecule has 0 saturated heterocycles. The Kier molecular flexibility index (Phi) is 4.03. The van der Waals surface area contributed by atoms with Gasteiger partial charge in [-0.2, -0.15) is 0 Å². The summed E-state index contributed by atoms with van der Waals surface area (Å²) < 4.78 is 0. The van der Waals surface area contributed by atoms with Gasteiger partial charge in [0.25, 0.3) is 5.91 Å². The number of hydrogen-bond acceptors (Lipinski definition) is 3. The summed E-state index contributed by atoms with van der Waals surface area (Å²) in [6.07, 6.45) is 3.45. The van der Waals surface area contributed by atoms with Gasteiger partial charge in [0.05, 0.1) is 0 Å². The Bertz CT molecular complexity index is 345. The second kappa shape index (κ2) is 5.29. The van der Waals surface area contributed by atoms with Crippen LogP contribution in [0, 0.1) is 0 Å². The van der Waals surface area contributed by atoms with E-state index in [2.05, 4.69) is 21.8 Å². The lowest BCUT2D eigenvalue weighted by atomic mass is 10.3. The molecule has 82 valence electrons. The molecule has 1 aromatic rings. The summed E-state index contributed by atoms with van der Waals surface area (Å²) in [6, 6.07) is 0. The zero-order chi connectivity index (χ0) is 11.3. The molecule has 5 heteroatoms. The first-order chi connectivity index (χ1) is 7.19. The van der Waals surface area contributed by atoms with Crippen LogP contribution in [0.4, 0.5) is 0 Å². The number of aromatic amines is 1. The van der Waals surface area contributed by atoms with Crippen LogP contribution in [0.3, 0.4) is 0 Å². The monoisotopic (exact) mass is 208 g/mol. The summed E-state index contributed by atoms with van der Waals surface area (Å²) in [5.41, 5.74) is 0. The van der Waals surface area contributed by atoms with E-state index in [1.165, 1.54) is 4.90 Å². The highest BCUT2D eigenvalue weighted by atomic mass is 16.2. The van der Waals surface area contributed by atoms with Gasteiger partial charge in [0, 0.05) is 20.0 Å². The second-order valence-electron chi connectivity index (χ2n) is 3.33. The van der Waals surface area contributed by atoms with Crippen molar-refractivity contribution in [2.75, 3.05) is 13.6 Å². The number of nitrogens with zero attached hydrogens (tertiary/aromatic N) is 3. The molecule has 15 heavy (non-hydrogen) atoms. The van der Waals surface area contributed by atoms with Crippen LogP contribution < -0.4 is 0 Å². The zero-order valence-electron chi connectivity index (χ0n) is 9.16. The van der Waals surface area contributed by atoms with Gasteiger partial charge >= 0.3 is 0 Å². The molecular weight excluding hydrogens is 192 g/mol. The highest BCUT2D eigenvalue weighted by Crippen LogP contribution is 1.99. The number of aryl methyl sites for hydroxylation is 1. The SMILES string of the molecule is C=CCN(C)C(=O)c1n[nH]c(CCC)n1. The Morgan fingerprint density at radius 3 is 3.00 bits per heavy atom. The Morgan fingerprint density at radius 2 is 2.40 bits per heavy atom. The predicted molar refractivity (Wildman–Crippen MR) is 57.5 cm³/mol. The van der Waals surface area contributed by atoms with E-state index in [-0.39, 0.29) is 11.7 Å². The molecule has 0 saturated carbocycles. The van der Waals surface area contributed by atoms with Crippen LogP contribution in [0.25, 0.3) is 0 Å². The minimum Gasteiger partial charge on any atom is -0.335 e. The maximum Gasteiger partial charge on any atom is 0.293 e. The lowest BCUT2D eigenvalue weighted by Gasteiger charge is -2.11. The molecule has 1 heterocycles. The molecule has 0 aliphatic carbocycles. The molecule has 1 rings (SSSR count). The molecule has 1 aromatic heterocycles. The molecule has 0 spiro atoms. The van der Waals surface area contributed by atoms with Gasteiger partial charge in [-0.25, -0.2) is 4.98 Å². The van der Waals surface area contributed by atoms with Crippen molar-refractivity contribution in [2.24, 2.45) is 0 Å². The van der Waals surface area contributed by atoms with E-state index in [9.17, 15) is 4.79 Å². The first-order valence-electron chi connectivity index (χ1n) is 4.96. The molecular formula is C10H16N4O. The first kappa shape index (κ1) is 11.4. The largest absolute Gasteiger partial charge is 0.335 e. The number of rotatable bonds is 5. The molecule has 0 radical (unpaired) electrons. The van der Waals surface area contributed by atoms with E-state index in [1.807, 2.05) is 6.92 Å². The molecule has 0 aliphatic heterocycles. The van der Waals surface area contributed by atoms with E-state index < -0.39 is 0 Å². The van der Waals surface area contributed by atoms with Crippen LogP contribution in [0.5, 0.6) is 0 Å². The maximum atomic E-state index is 11.7. The fourth-order valence-corrected chi connectivity index (χ4v) is 1.19. The number of aromatic nitrogens is 3. The van der Waals surface area contributed by atoms with Gasteiger partial charge in [0.2, 0.25) is 5.82 Å². The number of amides is 1. The van der Waals surface area contributed by atoms with Crippen molar-refractivity contribution in [1.29, 1.82) is 0 Å².